The van der Waals surface area contributed by atoms with Gasteiger partial charge in [-0.25, -0.2) is 0 Å². The first-order valence-corrected chi connectivity index (χ1v) is 5.75. The summed E-state index contributed by atoms with van der Waals surface area (Å²) >= 11 is 0. The summed E-state index contributed by atoms with van der Waals surface area (Å²) in [6, 6.07) is 0. The third-order valence-electron chi connectivity index (χ3n) is 2.30. The molecule has 14 heavy (non-hydrogen) atoms. The van der Waals surface area contributed by atoms with Crippen molar-refractivity contribution in [1.29, 1.82) is 0 Å². The minimum absolute atomic E-state index is 0.199. The molecule has 1 unspecified atom stereocenters. The second-order valence-electron chi connectivity index (χ2n) is 6.92. The van der Waals surface area contributed by atoms with E-state index < -0.39 is 0 Å². The Labute approximate surface area is 94.3 Å². The molecule has 0 heterocycles. The third-order valence-corrected chi connectivity index (χ3v) is 2.30. The van der Waals surface area contributed by atoms with Crippen molar-refractivity contribution < 1.29 is 2.74 Å². The first-order chi connectivity index (χ1) is 7.03. The standard InChI is InChI=1S/C14H30/c1-8-9-12(10-13(2,3)4)11-14(5,6)7/h12H,8-11H2,1-7H3/i1D,8D. The van der Waals surface area contributed by atoms with Gasteiger partial charge in [-0.3, -0.25) is 0 Å². The maximum atomic E-state index is 7.78. The summed E-state index contributed by atoms with van der Waals surface area (Å²) in [5.74, 6) is 0.591. The first kappa shape index (κ1) is 10.5. The zero-order chi connectivity index (χ0) is 13.0. The monoisotopic (exact) mass is 200 g/mol. The molecule has 0 radical (unpaired) electrons. The van der Waals surface area contributed by atoms with Crippen LogP contribution in [0.25, 0.3) is 0 Å². The lowest BCUT2D eigenvalue weighted by atomic mass is 9.75. The van der Waals surface area contributed by atoms with Gasteiger partial charge in [-0.1, -0.05) is 61.3 Å². The second-order valence-corrected chi connectivity index (χ2v) is 6.92. The minimum Gasteiger partial charge on any atom is -0.0654 e. The van der Waals surface area contributed by atoms with Crippen molar-refractivity contribution in [1.82, 2.24) is 0 Å². The van der Waals surface area contributed by atoms with E-state index in [0.717, 1.165) is 6.42 Å². The Hall–Kier alpha value is 0. The molecule has 1 atom stereocenters. The summed E-state index contributed by atoms with van der Waals surface area (Å²) in [4.78, 5) is 0. The van der Waals surface area contributed by atoms with Gasteiger partial charge in [0.05, 0.1) is 0 Å². The van der Waals surface area contributed by atoms with Gasteiger partial charge >= 0.3 is 0 Å². The van der Waals surface area contributed by atoms with E-state index in [2.05, 4.69) is 41.5 Å². The molecule has 0 N–H and O–H groups in total. The Morgan fingerprint density at radius 3 is 1.71 bits per heavy atom. The molecule has 0 aliphatic carbocycles. The molecule has 0 aliphatic heterocycles. The highest BCUT2D eigenvalue weighted by Crippen LogP contribution is 2.35. The molecule has 0 aliphatic rings. The van der Waals surface area contributed by atoms with Gasteiger partial charge in [0.2, 0.25) is 0 Å². The van der Waals surface area contributed by atoms with Gasteiger partial charge in [0.25, 0.3) is 0 Å². The van der Waals surface area contributed by atoms with Crippen LogP contribution < -0.4 is 0 Å². The first-order valence-electron chi connectivity index (χ1n) is 7.03. The lowest BCUT2D eigenvalue weighted by molar-refractivity contribution is 0.209. The highest BCUT2D eigenvalue weighted by Gasteiger charge is 2.22. The molecule has 0 heteroatoms. The predicted molar refractivity (Wildman–Crippen MR) is 66.5 cm³/mol. The van der Waals surface area contributed by atoms with E-state index in [0.29, 0.717) is 16.7 Å². The van der Waals surface area contributed by atoms with E-state index >= 15 is 0 Å². The molecule has 86 valence electrons. The Bertz CT molecular complexity index is 170. The maximum absolute atomic E-state index is 7.78. The minimum atomic E-state index is -0.199. The van der Waals surface area contributed by atoms with Crippen LogP contribution >= 0.6 is 0 Å². The van der Waals surface area contributed by atoms with Crippen LogP contribution in [0, 0.1) is 16.7 Å². The summed E-state index contributed by atoms with van der Waals surface area (Å²) in [6.45, 7) is 13.8. The van der Waals surface area contributed by atoms with Crippen LogP contribution in [0.3, 0.4) is 0 Å². The van der Waals surface area contributed by atoms with Crippen LogP contribution in [0.15, 0.2) is 0 Å². The number of hydrogen-bond acceptors (Lipinski definition) is 0. The zero-order valence-corrected chi connectivity index (χ0v) is 11.0. The van der Waals surface area contributed by atoms with Crippen LogP contribution in [-0.4, -0.2) is 0 Å². The molecule has 0 fully saturated rings. The molecule has 0 rings (SSSR count). The summed E-state index contributed by atoms with van der Waals surface area (Å²) < 4.78 is 15.1. The Balaban J connectivity index is 4.39. The van der Waals surface area contributed by atoms with Crippen molar-refractivity contribution in [2.24, 2.45) is 16.7 Å². The third kappa shape index (κ3) is 8.59. The molecule has 0 amide bonds. The Morgan fingerprint density at radius 1 is 1.00 bits per heavy atom. The van der Waals surface area contributed by atoms with Gasteiger partial charge in [0, 0.05) is 2.74 Å². The van der Waals surface area contributed by atoms with Crippen LogP contribution in [0.1, 0.15) is 76.8 Å². The van der Waals surface area contributed by atoms with Crippen molar-refractivity contribution in [3.8, 4) is 0 Å². The highest BCUT2D eigenvalue weighted by atomic mass is 14.3. The van der Waals surface area contributed by atoms with Gasteiger partial charge in [-0.15, -0.1) is 0 Å². The summed E-state index contributed by atoms with van der Waals surface area (Å²) in [5, 5.41) is 0. The van der Waals surface area contributed by atoms with E-state index in [1.807, 2.05) is 0 Å². The summed E-state index contributed by atoms with van der Waals surface area (Å²) in [5.41, 5.74) is 0.662. The Kier molecular flexibility index (Phi) is 3.89. The molecular weight excluding hydrogens is 168 g/mol. The lowest BCUT2D eigenvalue weighted by Crippen LogP contribution is -2.19. The summed E-state index contributed by atoms with van der Waals surface area (Å²) in [6.07, 6.45) is 3.02. The fraction of sp³-hybridized carbons (Fsp3) is 1.00. The topological polar surface area (TPSA) is 0 Å². The molecule has 0 aromatic rings. The quantitative estimate of drug-likeness (QED) is 0.579. The molecule has 0 aromatic heterocycles. The number of rotatable bonds is 4. The van der Waals surface area contributed by atoms with Crippen LogP contribution in [0.5, 0.6) is 0 Å². The SMILES string of the molecule is [2H]CC([2H])CC(CC(C)(C)C)CC(C)(C)C. The van der Waals surface area contributed by atoms with Gasteiger partial charge in [0.1, 0.15) is 0 Å². The van der Waals surface area contributed by atoms with Gasteiger partial charge in [-0.05, 0) is 29.6 Å². The van der Waals surface area contributed by atoms with Crippen LogP contribution in [-0.2, 0) is 0 Å². The van der Waals surface area contributed by atoms with E-state index in [9.17, 15) is 0 Å². The van der Waals surface area contributed by atoms with E-state index in [4.69, 9.17) is 2.74 Å². The van der Waals surface area contributed by atoms with Crippen LogP contribution in [0.2, 0.25) is 0 Å². The molecular formula is C14H30. The molecule has 0 bridgehead atoms. The molecule has 0 saturated heterocycles. The van der Waals surface area contributed by atoms with E-state index in [-0.39, 0.29) is 13.3 Å². The molecule has 0 nitrogen and oxygen atoms in total. The average Bonchev–Trinajstić information content (AvgIpc) is 1.97. The second kappa shape index (κ2) is 5.19. The van der Waals surface area contributed by atoms with Crippen molar-refractivity contribution >= 4 is 0 Å². The zero-order valence-electron chi connectivity index (χ0n) is 13.0. The fourth-order valence-corrected chi connectivity index (χ4v) is 2.21. The molecule has 0 spiro atoms. The van der Waals surface area contributed by atoms with Crippen LogP contribution in [0.4, 0.5) is 0 Å². The number of hydrogen-bond donors (Lipinski definition) is 0. The normalized spacial score (nSPS) is 17.9. The van der Waals surface area contributed by atoms with Gasteiger partial charge in [-0.2, -0.15) is 0 Å². The summed E-state index contributed by atoms with van der Waals surface area (Å²) in [7, 11) is 0. The van der Waals surface area contributed by atoms with Gasteiger partial charge in [0.15, 0.2) is 0 Å². The maximum Gasteiger partial charge on any atom is 0.0264 e. The van der Waals surface area contributed by atoms with Gasteiger partial charge < -0.3 is 0 Å². The van der Waals surface area contributed by atoms with Crippen molar-refractivity contribution in [2.45, 2.75) is 74.1 Å². The highest BCUT2D eigenvalue weighted by molar-refractivity contribution is 4.74. The Morgan fingerprint density at radius 2 is 1.43 bits per heavy atom. The van der Waals surface area contributed by atoms with E-state index in [1.165, 1.54) is 12.8 Å². The molecule has 0 saturated carbocycles. The molecule has 0 aromatic carbocycles. The average molecular weight is 200 g/mol. The van der Waals surface area contributed by atoms with Crippen molar-refractivity contribution in [3.05, 3.63) is 0 Å². The van der Waals surface area contributed by atoms with E-state index in [1.54, 1.807) is 0 Å². The fourth-order valence-electron chi connectivity index (χ4n) is 2.21. The lowest BCUT2D eigenvalue weighted by Gasteiger charge is -2.31. The van der Waals surface area contributed by atoms with Crippen molar-refractivity contribution in [3.63, 3.8) is 0 Å². The largest absolute Gasteiger partial charge is 0.0654 e. The predicted octanol–water partition coefficient (Wildman–Crippen LogP) is 5.28. The van der Waals surface area contributed by atoms with Crippen molar-refractivity contribution in [2.75, 3.05) is 0 Å². The smallest absolute Gasteiger partial charge is 0.0264 e.